The van der Waals surface area contributed by atoms with Crippen LogP contribution in [0.15, 0.2) is 24.4 Å². The number of imidazole rings is 1. The molecule has 3 rings (SSSR count). The summed E-state index contributed by atoms with van der Waals surface area (Å²) in [4.78, 5) is 48.2. The Labute approximate surface area is 223 Å². The Hall–Kier alpha value is -3.30. The fraction of sp³-hybridized carbons (Fsp3) is 0.571. The lowest BCUT2D eigenvalue weighted by Gasteiger charge is -2.35. The number of likely N-dealkylation sites (tertiary alicyclic amines) is 1. The SMILES string of the molecule is C[C@H](CC(=O)N(CC(=O)N1CCCC[C@@H]1C)NC(=O)CCC(C)(C)C)c1ncc(-c2ccc(F)cc2F)[nH]1. The third-order valence-electron chi connectivity index (χ3n) is 6.84. The molecule has 8 nitrogen and oxygen atoms in total. The van der Waals surface area contributed by atoms with E-state index in [9.17, 15) is 23.2 Å². The lowest BCUT2D eigenvalue weighted by atomic mass is 9.90. The fourth-order valence-electron chi connectivity index (χ4n) is 4.48. The van der Waals surface area contributed by atoms with Gasteiger partial charge < -0.3 is 9.88 Å². The normalized spacial score (nSPS) is 16.7. The molecule has 2 atom stereocenters. The van der Waals surface area contributed by atoms with Gasteiger partial charge in [-0.15, -0.1) is 0 Å². The Balaban J connectivity index is 1.71. The van der Waals surface area contributed by atoms with Gasteiger partial charge in [0.1, 0.15) is 24.0 Å². The first-order chi connectivity index (χ1) is 17.8. The number of hydrogen-bond acceptors (Lipinski definition) is 4. The summed E-state index contributed by atoms with van der Waals surface area (Å²) in [6, 6.07) is 3.35. The third kappa shape index (κ3) is 8.10. The number of halogens is 2. The third-order valence-corrected chi connectivity index (χ3v) is 6.84. The summed E-state index contributed by atoms with van der Waals surface area (Å²) in [6.45, 7) is 10.2. The molecule has 1 saturated heterocycles. The highest BCUT2D eigenvalue weighted by Crippen LogP contribution is 2.25. The van der Waals surface area contributed by atoms with E-state index in [-0.39, 0.29) is 48.2 Å². The molecule has 0 radical (unpaired) electrons. The zero-order valence-electron chi connectivity index (χ0n) is 22.9. The lowest BCUT2D eigenvalue weighted by Crippen LogP contribution is -2.53. The molecule has 1 fully saturated rings. The predicted molar refractivity (Wildman–Crippen MR) is 141 cm³/mol. The Morgan fingerprint density at radius 1 is 1.24 bits per heavy atom. The number of benzene rings is 1. The smallest absolute Gasteiger partial charge is 0.244 e. The summed E-state index contributed by atoms with van der Waals surface area (Å²) in [5.74, 6) is -2.34. The molecule has 0 bridgehead atoms. The first-order valence-corrected chi connectivity index (χ1v) is 13.2. The van der Waals surface area contributed by atoms with E-state index in [1.807, 2.05) is 27.7 Å². The van der Waals surface area contributed by atoms with Crippen molar-refractivity contribution in [1.29, 1.82) is 0 Å². The number of hydrogen-bond donors (Lipinski definition) is 2. The minimum absolute atomic E-state index is 0.0404. The number of carbonyl (C=O) groups excluding carboxylic acids is 3. The van der Waals surface area contributed by atoms with Crippen molar-refractivity contribution < 1.29 is 23.2 Å². The minimum atomic E-state index is -0.724. The Morgan fingerprint density at radius 2 is 1.97 bits per heavy atom. The highest BCUT2D eigenvalue weighted by atomic mass is 19.1. The van der Waals surface area contributed by atoms with Crippen LogP contribution in [0, 0.1) is 17.0 Å². The van der Waals surface area contributed by atoms with Crippen LogP contribution in [0.1, 0.15) is 84.9 Å². The van der Waals surface area contributed by atoms with Crippen molar-refractivity contribution in [2.75, 3.05) is 13.1 Å². The number of aromatic amines is 1. The van der Waals surface area contributed by atoms with Gasteiger partial charge in [-0.2, -0.15) is 0 Å². The van der Waals surface area contributed by atoms with Gasteiger partial charge in [0.15, 0.2) is 0 Å². The number of aromatic nitrogens is 2. The van der Waals surface area contributed by atoms with Crippen LogP contribution >= 0.6 is 0 Å². The van der Waals surface area contributed by atoms with E-state index < -0.39 is 23.5 Å². The molecule has 0 spiro atoms. The number of nitrogens with one attached hydrogen (secondary N) is 2. The zero-order chi connectivity index (χ0) is 28.0. The van der Waals surface area contributed by atoms with Gasteiger partial charge in [-0.25, -0.2) is 18.8 Å². The molecule has 0 aliphatic carbocycles. The van der Waals surface area contributed by atoms with Crippen molar-refractivity contribution in [3.63, 3.8) is 0 Å². The maximum atomic E-state index is 14.2. The van der Waals surface area contributed by atoms with Crippen molar-refractivity contribution in [2.45, 2.75) is 85.1 Å². The molecule has 208 valence electrons. The molecule has 0 saturated carbocycles. The summed E-state index contributed by atoms with van der Waals surface area (Å²) in [6.07, 6.45) is 5.12. The second-order valence-electron chi connectivity index (χ2n) is 11.4. The molecule has 2 aromatic rings. The van der Waals surface area contributed by atoms with Crippen molar-refractivity contribution in [3.05, 3.63) is 41.9 Å². The van der Waals surface area contributed by atoms with Crippen LogP contribution in [0.5, 0.6) is 0 Å². The van der Waals surface area contributed by atoms with Crippen LogP contribution in [-0.2, 0) is 14.4 Å². The molecule has 10 heteroatoms. The summed E-state index contributed by atoms with van der Waals surface area (Å²) in [5.41, 5.74) is 3.13. The second-order valence-corrected chi connectivity index (χ2v) is 11.4. The van der Waals surface area contributed by atoms with Crippen molar-refractivity contribution >= 4 is 17.7 Å². The van der Waals surface area contributed by atoms with Crippen molar-refractivity contribution in [1.82, 2.24) is 25.3 Å². The molecule has 0 unspecified atom stereocenters. The van der Waals surface area contributed by atoms with Crippen LogP contribution in [-0.4, -0.2) is 56.7 Å². The molecule has 1 aliphatic heterocycles. The van der Waals surface area contributed by atoms with Gasteiger partial charge >= 0.3 is 0 Å². The van der Waals surface area contributed by atoms with Gasteiger partial charge in [0, 0.05) is 43.0 Å². The van der Waals surface area contributed by atoms with Gasteiger partial charge in [0.25, 0.3) is 0 Å². The first kappa shape index (κ1) is 29.3. The van der Waals surface area contributed by atoms with E-state index in [2.05, 4.69) is 15.4 Å². The van der Waals surface area contributed by atoms with E-state index >= 15 is 0 Å². The summed E-state index contributed by atoms with van der Waals surface area (Å²) < 4.78 is 27.5. The van der Waals surface area contributed by atoms with Gasteiger partial charge in [-0.05, 0) is 50.2 Å². The molecule has 3 amide bonds. The minimum Gasteiger partial charge on any atom is -0.342 e. The van der Waals surface area contributed by atoms with Crippen LogP contribution in [0.2, 0.25) is 0 Å². The maximum absolute atomic E-state index is 14.2. The monoisotopic (exact) mass is 531 g/mol. The number of carbonyl (C=O) groups is 3. The number of amides is 3. The van der Waals surface area contributed by atoms with E-state index in [1.54, 1.807) is 11.8 Å². The van der Waals surface area contributed by atoms with E-state index in [0.29, 0.717) is 24.5 Å². The quantitative estimate of drug-likeness (QED) is 0.472. The first-order valence-electron chi connectivity index (χ1n) is 13.2. The van der Waals surface area contributed by atoms with Crippen molar-refractivity contribution in [2.24, 2.45) is 5.41 Å². The highest BCUT2D eigenvalue weighted by molar-refractivity contribution is 5.87. The van der Waals surface area contributed by atoms with E-state index in [4.69, 9.17) is 0 Å². The average Bonchev–Trinajstić information content (AvgIpc) is 3.32. The number of rotatable bonds is 8. The maximum Gasteiger partial charge on any atom is 0.244 e. The van der Waals surface area contributed by atoms with Gasteiger partial charge in [0.05, 0.1) is 11.9 Å². The summed E-state index contributed by atoms with van der Waals surface area (Å²) >= 11 is 0. The second kappa shape index (κ2) is 12.5. The van der Waals surface area contributed by atoms with Crippen LogP contribution in [0.4, 0.5) is 8.78 Å². The van der Waals surface area contributed by atoms with Crippen LogP contribution in [0.3, 0.4) is 0 Å². The van der Waals surface area contributed by atoms with E-state index in [0.717, 1.165) is 36.4 Å². The summed E-state index contributed by atoms with van der Waals surface area (Å²) in [5, 5.41) is 1.12. The average molecular weight is 532 g/mol. The van der Waals surface area contributed by atoms with E-state index in [1.165, 1.54) is 12.3 Å². The fourth-order valence-corrected chi connectivity index (χ4v) is 4.48. The number of nitrogens with zero attached hydrogens (tertiary/aromatic N) is 3. The standard InChI is InChI=1S/C28H39F2N5O3/c1-18(27-31-16-23(32-27)21-10-9-20(29)15-22(21)30)14-25(37)35(33-24(36)11-12-28(3,4)5)17-26(38)34-13-7-6-8-19(34)2/h9-10,15-16,18-19H,6-8,11-14,17H2,1-5H3,(H,31,32)(H,33,36)/t18-,19+/m1/s1. The Bertz CT molecular complexity index is 1140. The van der Waals surface area contributed by atoms with Crippen LogP contribution < -0.4 is 5.43 Å². The molecular weight excluding hydrogens is 492 g/mol. The molecular formula is C28H39F2N5O3. The van der Waals surface area contributed by atoms with Crippen molar-refractivity contribution in [3.8, 4) is 11.3 Å². The van der Waals surface area contributed by atoms with Gasteiger partial charge in [0.2, 0.25) is 17.7 Å². The van der Waals surface area contributed by atoms with Gasteiger partial charge in [-0.1, -0.05) is 27.7 Å². The lowest BCUT2D eigenvalue weighted by molar-refractivity contribution is -0.148. The number of piperidine rings is 1. The molecule has 1 aromatic heterocycles. The topological polar surface area (TPSA) is 98.4 Å². The number of hydrazine groups is 1. The number of H-pyrrole nitrogens is 1. The molecule has 2 N–H and O–H groups in total. The van der Waals surface area contributed by atoms with Gasteiger partial charge in [-0.3, -0.25) is 19.8 Å². The molecule has 2 heterocycles. The summed E-state index contributed by atoms with van der Waals surface area (Å²) in [7, 11) is 0. The Morgan fingerprint density at radius 3 is 2.63 bits per heavy atom. The Kier molecular flexibility index (Phi) is 9.62. The molecule has 1 aromatic carbocycles. The zero-order valence-corrected chi connectivity index (χ0v) is 22.9. The largest absolute Gasteiger partial charge is 0.342 e. The highest BCUT2D eigenvalue weighted by Gasteiger charge is 2.29. The molecule has 1 aliphatic rings. The molecule has 38 heavy (non-hydrogen) atoms. The predicted octanol–water partition coefficient (Wildman–Crippen LogP) is 4.94. The van der Waals surface area contributed by atoms with Crippen LogP contribution in [0.25, 0.3) is 11.3 Å².